The minimum absolute atomic E-state index is 0.0900. The van der Waals surface area contributed by atoms with Crippen molar-refractivity contribution in [2.75, 3.05) is 45.7 Å². The Labute approximate surface area is 138 Å². The molecule has 6 nitrogen and oxygen atoms in total. The monoisotopic (exact) mass is 320 g/mol. The Morgan fingerprint density at radius 1 is 1.43 bits per heavy atom. The lowest BCUT2D eigenvalue weighted by Gasteiger charge is -2.34. The van der Waals surface area contributed by atoms with Crippen molar-refractivity contribution in [3.05, 3.63) is 23.9 Å². The first kappa shape index (κ1) is 17.7. The number of piperidine rings is 1. The molecular weight excluding hydrogens is 292 g/mol. The quantitative estimate of drug-likeness (QED) is 0.744. The lowest BCUT2D eigenvalue weighted by Crippen LogP contribution is -2.42. The molecule has 6 heteroatoms. The largest absolute Gasteiger partial charge is 0.395 e. The molecule has 0 radical (unpaired) electrons. The molecule has 1 amide bonds. The second-order valence-electron chi connectivity index (χ2n) is 6.26. The highest BCUT2D eigenvalue weighted by Crippen LogP contribution is 2.16. The van der Waals surface area contributed by atoms with Crippen LogP contribution in [0.5, 0.6) is 0 Å². The highest BCUT2D eigenvalue weighted by molar-refractivity contribution is 5.92. The van der Waals surface area contributed by atoms with Crippen molar-refractivity contribution >= 4 is 11.7 Å². The van der Waals surface area contributed by atoms with E-state index in [-0.39, 0.29) is 12.5 Å². The van der Waals surface area contributed by atoms with Crippen molar-refractivity contribution in [1.82, 2.24) is 14.8 Å². The molecule has 128 valence electrons. The molecule has 1 aromatic rings. The number of hydrogen-bond donors (Lipinski definition) is 2. The average molecular weight is 320 g/mol. The molecule has 0 saturated carbocycles. The molecule has 1 unspecified atom stereocenters. The van der Waals surface area contributed by atoms with E-state index < -0.39 is 0 Å². The summed E-state index contributed by atoms with van der Waals surface area (Å²) in [7, 11) is 3.45. The Morgan fingerprint density at radius 2 is 2.26 bits per heavy atom. The number of carbonyl (C=O) groups is 1. The molecule has 1 fully saturated rings. The van der Waals surface area contributed by atoms with Gasteiger partial charge in [-0.15, -0.1) is 0 Å². The van der Waals surface area contributed by atoms with Crippen LogP contribution in [0.4, 0.5) is 5.82 Å². The van der Waals surface area contributed by atoms with Crippen LogP contribution in [0, 0.1) is 0 Å². The van der Waals surface area contributed by atoms with Gasteiger partial charge in [0.15, 0.2) is 0 Å². The fraction of sp³-hybridized carbons (Fsp3) is 0.647. The van der Waals surface area contributed by atoms with Crippen LogP contribution in [-0.4, -0.2) is 72.2 Å². The molecule has 1 atom stereocenters. The molecule has 1 saturated heterocycles. The Balaban J connectivity index is 1.78. The van der Waals surface area contributed by atoms with E-state index in [1.807, 2.05) is 12.1 Å². The normalized spacial score (nSPS) is 18.7. The summed E-state index contributed by atoms with van der Waals surface area (Å²) in [5, 5.41) is 12.7. The third-order valence-electron chi connectivity index (χ3n) is 4.26. The van der Waals surface area contributed by atoms with E-state index in [2.05, 4.69) is 15.2 Å². The maximum absolute atomic E-state index is 11.9. The van der Waals surface area contributed by atoms with Crippen LogP contribution in [0.3, 0.4) is 0 Å². The summed E-state index contributed by atoms with van der Waals surface area (Å²) in [5.41, 5.74) is 0.455. The summed E-state index contributed by atoms with van der Waals surface area (Å²) in [6.07, 6.45) is 4.53. The summed E-state index contributed by atoms with van der Waals surface area (Å²) < 4.78 is 0. The standard InChI is InChI=1S/C17H28N4O2/c1-20(2)17(23)15-8-5-9-16(19-15)18-10-6-12-21-11-4-3-7-14(21)13-22/h5,8-9,14,22H,3-4,6-7,10-13H2,1-2H3,(H,18,19). The highest BCUT2D eigenvalue weighted by Gasteiger charge is 2.20. The number of pyridine rings is 1. The number of nitrogens with one attached hydrogen (secondary N) is 1. The van der Waals surface area contributed by atoms with Crippen molar-refractivity contribution in [3.8, 4) is 0 Å². The predicted molar refractivity (Wildman–Crippen MR) is 91.7 cm³/mol. The van der Waals surface area contributed by atoms with E-state index in [0.29, 0.717) is 11.7 Å². The van der Waals surface area contributed by atoms with Gasteiger partial charge in [-0.2, -0.15) is 0 Å². The number of aliphatic hydroxyl groups is 1. The summed E-state index contributed by atoms with van der Waals surface area (Å²) in [6.45, 7) is 3.12. The van der Waals surface area contributed by atoms with E-state index in [9.17, 15) is 9.90 Å². The van der Waals surface area contributed by atoms with Crippen LogP contribution in [0.25, 0.3) is 0 Å². The zero-order chi connectivity index (χ0) is 16.7. The molecule has 0 aliphatic carbocycles. The minimum Gasteiger partial charge on any atom is -0.395 e. The van der Waals surface area contributed by atoms with Crippen LogP contribution in [-0.2, 0) is 0 Å². The van der Waals surface area contributed by atoms with E-state index in [0.717, 1.165) is 38.3 Å². The number of aliphatic hydroxyl groups excluding tert-OH is 1. The van der Waals surface area contributed by atoms with Gasteiger partial charge in [0.2, 0.25) is 0 Å². The zero-order valence-electron chi connectivity index (χ0n) is 14.2. The maximum Gasteiger partial charge on any atom is 0.272 e. The molecule has 1 aromatic heterocycles. The smallest absolute Gasteiger partial charge is 0.272 e. The van der Waals surface area contributed by atoms with Gasteiger partial charge in [0.25, 0.3) is 5.91 Å². The molecule has 2 rings (SSSR count). The van der Waals surface area contributed by atoms with Gasteiger partial charge in [0, 0.05) is 33.2 Å². The van der Waals surface area contributed by atoms with E-state index in [1.165, 1.54) is 17.7 Å². The van der Waals surface area contributed by atoms with Gasteiger partial charge >= 0.3 is 0 Å². The fourth-order valence-corrected chi connectivity index (χ4v) is 2.94. The lowest BCUT2D eigenvalue weighted by atomic mass is 10.0. The Bertz CT molecular complexity index is 507. The van der Waals surface area contributed by atoms with Crippen molar-refractivity contribution < 1.29 is 9.90 Å². The first-order valence-electron chi connectivity index (χ1n) is 8.39. The molecule has 0 aromatic carbocycles. The molecule has 0 spiro atoms. The molecule has 1 aliphatic rings. The van der Waals surface area contributed by atoms with Gasteiger partial charge in [0.1, 0.15) is 11.5 Å². The molecule has 2 heterocycles. The second-order valence-corrected chi connectivity index (χ2v) is 6.26. The molecule has 23 heavy (non-hydrogen) atoms. The molecule has 2 N–H and O–H groups in total. The van der Waals surface area contributed by atoms with Crippen molar-refractivity contribution in [2.24, 2.45) is 0 Å². The summed E-state index contributed by atoms with van der Waals surface area (Å²) in [5.74, 6) is 0.641. The number of carbonyl (C=O) groups excluding carboxylic acids is 1. The summed E-state index contributed by atoms with van der Waals surface area (Å²) in [6, 6.07) is 5.78. The number of amides is 1. The average Bonchev–Trinajstić information content (AvgIpc) is 2.58. The SMILES string of the molecule is CN(C)C(=O)c1cccc(NCCCN2CCCCC2CO)n1. The number of aromatic nitrogens is 1. The predicted octanol–water partition coefficient (Wildman–Crippen LogP) is 1.43. The van der Waals surface area contributed by atoms with Crippen molar-refractivity contribution in [3.63, 3.8) is 0 Å². The third-order valence-corrected chi connectivity index (χ3v) is 4.26. The van der Waals surface area contributed by atoms with Gasteiger partial charge in [-0.1, -0.05) is 12.5 Å². The highest BCUT2D eigenvalue weighted by atomic mass is 16.3. The van der Waals surface area contributed by atoms with Gasteiger partial charge in [-0.25, -0.2) is 4.98 Å². The Hall–Kier alpha value is -1.66. The van der Waals surface area contributed by atoms with Gasteiger partial charge in [0.05, 0.1) is 6.61 Å². The fourth-order valence-electron chi connectivity index (χ4n) is 2.94. The molecule has 1 aliphatic heterocycles. The van der Waals surface area contributed by atoms with Gasteiger partial charge in [-0.3, -0.25) is 9.69 Å². The first-order chi connectivity index (χ1) is 11.1. The van der Waals surface area contributed by atoms with E-state index >= 15 is 0 Å². The Kier molecular flexibility index (Phi) is 6.80. The first-order valence-corrected chi connectivity index (χ1v) is 8.39. The van der Waals surface area contributed by atoms with Gasteiger partial charge < -0.3 is 15.3 Å². The number of likely N-dealkylation sites (tertiary alicyclic amines) is 1. The minimum atomic E-state index is -0.0900. The van der Waals surface area contributed by atoms with Crippen LogP contribution in [0.15, 0.2) is 18.2 Å². The van der Waals surface area contributed by atoms with Crippen molar-refractivity contribution in [2.45, 2.75) is 31.7 Å². The third kappa shape index (κ3) is 5.18. The van der Waals surface area contributed by atoms with Crippen LogP contribution in [0.1, 0.15) is 36.2 Å². The number of anilines is 1. The van der Waals surface area contributed by atoms with Crippen molar-refractivity contribution in [1.29, 1.82) is 0 Å². The van der Waals surface area contributed by atoms with E-state index in [1.54, 1.807) is 20.2 Å². The molecular formula is C17H28N4O2. The lowest BCUT2D eigenvalue weighted by molar-refractivity contribution is 0.0822. The summed E-state index contributed by atoms with van der Waals surface area (Å²) >= 11 is 0. The topological polar surface area (TPSA) is 68.7 Å². The molecule has 0 bridgehead atoms. The number of hydrogen-bond acceptors (Lipinski definition) is 5. The Morgan fingerprint density at radius 3 is 3.00 bits per heavy atom. The zero-order valence-corrected chi connectivity index (χ0v) is 14.2. The van der Waals surface area contributed by atoms with Crippen LogP contribution >= 0.6 is 0 Å². The van der Waals surface area contributed by atoms with Gasteiger partial charge in [-0.05, 0) is 37.9 Å². The van der Waals surface area contributed by atoms with E-state index in [4.69, 9.17) is 0 Å². The number of nitrogens with zero attached hydrogens (tertiary/aromatic N) is 3. The second kappa shape index (κ2) is 8.84. The van der Waals surface area contributed by atoms with Crippen LogP contribution < -0.4 is 5.32 Å². The number of rotatable bonds is 7. The van der Waals surface area contributed by atoms with Crippen LogP contribution in [0.2, 0.25) is 0 Å². The maximum atomic E-state index is 11.9. The summed E-state index contributed by atoms with van der Waals surface area (Å²) in [4.78, 5) is 20.2.